The number of nitrogens with two attached hydrogens (primary N) is 1. The topological polar surface area (TPSA) is 62.4 Å². The maximum absolute atomic E-state index is 9.71. The summed E-state index contributed by atoms with van der Waals surface area (Å²) in [6, 6.07) is 3.76. The molecular weight excluding hydrogens is 202 g/mol. The molecule has 0 bridgehead atoms. The Bertz CT molecular complexity index is 371. The lowest BCUT2D eigenvalue weighted by Crippen LogP contribution is -2.28. The van der Waals surface area contributed by atoms with Gasteiger partial charge in [0.15, 0.2) is 0 Å². The molecule has 2 unspecified atom stereocenters. The van der Waals surface area contributed by atoms with Crippen molar-refractivity contribution in [2.24, 2.45) is 11.7 Å². The number of aryl methyl sites for hydroxylation is 1. The van der Waals surface area contributed by atoms with E-state index >= 15 is 0 Å². The summed E-state index contributed by atoms with van der Waals surface area (Å²) in [5.74, 6) is 0.797. The second-order valence-electron chi connectivity index (χ2n) is 4.75. The molecule has 1 saturated heterocycles. The van der Waals surface area contributed by atoms with E-state index in [1.54, 1.807) is 6.07 Å². The summed E-state index contributed by atoms with van der Waals surface area (Å²) >= 11 is 0. The summed E-state index contributed by atoms with van der Waals surface area (Å²) in [7, 11) is 0. The van der Waals surface area contributed by atoms with Crippen LogP contribution >= 0.6 is 0 Å². The van der Waals surface area contributed by atoms with E-state index < -0.39 is 0 Å². The largest absolute Gasteiger partial charge is 0.506 e. The Morgan fingerprint density at radius 2 is 2.25 bits per heavy atom. The van der Waals surface area contributed by atoms with Crippen LogP contribution in [-0.4, -0.2) is 34.1 Å². The Morgan fingerprint density at radius 1 is 1.50 bits per heavy atom. The van der Waals surface area contributed by atoms with Gasteiger partial charge in [-0.3, -0.25) is 9.88 Å². The molecule has 1 aliphatic rings. The number of likely N-dealkylation sites (tertiary alicyclic amines) is 1. The quantitative estimate of drug-likeness (QED) is 0.778. The predicted molar refractivity (Wildman–Crippen MR) is 63.1 cm³/mol. The fraction of sp³-hybridized carbons (Fsp3) is 0.583. The molecule has 1 aromatic rings. The van der Waals surface area contributed by atoms with Crippen LogP contribution in [0.3, 0.4) is 0 Å². The minimum Gasteiger partial charge on any atom is -0.506 e. The van der Waals surface area contributed by atoms with Gasteiger partial charge in [-0.2, -0.15) is 0 Å². The van der Waals surface area contributed by atoms with Crippen LogP contribution in [0.2, 0.25) is 0 Å². The fourth-order valence-electron chi connectivity index (χ4n) is 2.16. The number of aromatic hydroxyl groups is 1. The van der Waals surface area contributed by atoms with Crippen LogP contribution in [0.15, 0.2) is 12.1 Å². The number of hydrogen-bond donors (Lipinski definition) is 2. The van der Waals surface area contributed by atoms with Crippen molar-refractivity contribution in [2.45, 2.75) is 26.4 Å². The first-order valence-electron chi connectivity index (χ1n) is 5.69. The molecule has 0 aliphatic carbocycles. The SMILES string of the molecule is Cc1ccc(O)c(CN2CC(C)C(N)C2)n1. The van der Waals surface area contributed by atoms with E-state index in [4.69, 9.17) is 5.73 Å². The highest BCUT2D eigenvalue weighted by atomic mass is 16.3. The minimum absolute atomic E-state index is 0.243. The molecule has 1 fully saturated rings. The summed E-state index contributed by atoms with van der Waals surface area (Å²) in [5, 5.41) is 9.71. The molecule has 0 aromatic carbocycles. The molecule has 2 heterocycles. The first-order chi connectivity index (χ1) is 7.56. The summed E-state index contributed by atoms with van der Waals surface area (Å²) in [5.41, 5.74) is 7.65. The number of aromatic nitrogens is 1. The number of hydrogen-bond acceptors (Lipinski definition) is 4. The molecule has 0 amide bonds. The van der Waals surface area contributed by atoms with E-state index in [1.165, 1.54) is 0 Å². The van der Waals surface area contributed by atoms with Gasteiger partial charge in [-0.05, 0) is 25.0 Å². The monoisotopic (exact) mass is 221 g/mol. The van der Waals surface area contributed by atoms with Crippen molar-refractivity contribution in [1.82, 2.24) is 9.88 Å². The summed E-state index contributed by atoms with van der Waals surface area (Å²) in [4.78, 5) is 6.60. The Morgan fingerprint density at radius 3 is 2.88 bits per heavy atom. The van der Waals surface area contributed by atoms with Crippen molar-refractivity contribution in [3.05, 3.63) is 23.5 Å². The Balaban J connectivity index is 2.07. The van der Waals surface area contributed by atoms with Crippen molar-refractivity contribution in [3.8, 4) is 5.75 Å². The van der Waals surface area contributed by atoms with Gasteiger partial charge in [-0.25, -0.2) is 0 Å². The van der Waals surface area contributed by atoms with Gasteiger partial charge in [0.05, 0.1) is 5.69 Å². The second kappa shape index (κ2) is 4.39. The minimum atomic E-state index is 0.243. The molecule has 0 spiro atoms. The first-order valence-corrected chi connectivity index (χ1v) is 5.69. The smallest absolute Gasteiger partial charge is 0.138 e. The molecule has 2 rings (SSSR count). The van der Waals surface area contributed by atoms with Crippen LogP contribution in [0.4, 0.5) is 0 Å². The zero-order valence-electron chi connectivity index (χ0n) is 9.85. The average Bonchev–Trinajstić information content (AvgIpc) is 2.52. The lowest BCUT2D eigenvalue weighted by Gasteiger charge is -2.15. The van der Waals surface area contributed by atoms with Gasteiger partial charge in [-0.1, -0.05) is 6.92 Å². The highest BCUT2D eigenvalue weighted by Gasteiger charge is 2.27. The molecule has 3 N–H and O–H groups in total. The number of nitrogens with zero attached hydrogens (tertiary/aromatic N) is 2. The van der Waals surface area contributed by atoms with Gasteiger partial charge in [-0.15, -0.1) is 0 Å². The highest BCUT2D eigenvalue weighted by molar-refractivity contribution is 5.27. The van der Waals surface area contributed by atoms with Gasteiger partial charge in [0.1, 0.15) is 5.75 Å². The van der Waals surface area contributed by atoms with Gasteiger partial charge >= 0.3 is 0 Å². The van der Waals surface area contributed by atoms with Gasteiger partial charge in [0.25, 0.3) is 0 Å². The third-order valence-electron chi connectivity index (χ3n) is 3.21. The second-order valence-corrected chi connectivity index (χ2v) is 4.75. The zero-order valence-corrected chi connectivity index (χ0v) is 9.85. The molecule has 0 radical (unpaired) electrons. The zero-order chi connectivity index (χ0) is 11.7. The lowest BCUT2D eigenvalue weighted by atomic mass is 10.1. The molecule has 0 saturated carbocycles. The summed E-state index contributed by atoms with van der Waals surface area (Å²) < 4.78 is 0. The Labute approximate surface area is 96.1 Å². The molecule has 1 aromatic heterocycles. The van der Waals surface area contributed by atoms with E-state index in [-0.39, 0.29) is 11.8 Å². The third kappa shape index (κ3) is 2.33. The van der Waals surface area contributed by atoms with Crippen molar-refractivity contribution in [1.29, 1.82) is 0 Å². The number of rotatable bonds is 2. The van der Waals surface area contributed by atoms with E-state index in [1.807, 2.05) is 13.0 Å². The van der Waals surface area contributed by atoms with Crippen molar-refractivity contribution in [3.63, 3.8) is 0 Å². The van der Waals surface area contributed by atoms with Gasteiger partial charge in [0, 0.05) is 31.4 Å². The Kier molecular flexibility index (Phi) is 3.12. The maximum atomic E-state index is 9.71. The van der Waals surface area contributed by atoms with Crippen molar-refractivity contribution < 1.29 is 5.11 Å². The van der Waals surface area contributed by atoms with Gasteiger partial charge in [0.2, 0.25) is 0 Å². The average molecular weight is 221 g/mol. The maximum Gasteiger partial charge on any atom is 0.138 e. The summed E-state index contributed by atoms with van der Waals surface area (Å²) in [6.07, 6.45) is 0. The molecule has 1 aliphatic heterocycles. The first kappa shape index (κ1) is 11.4. The Hall–Kier alpha value is -1.13. The highest BCUT2D eigenvalue weighted by Crippen LogP contribution is 2.21. The number of pyridine rings is 1. The molecular formula is C12H19N3O. The molecule has 4 heteroatoms. The predicted octanol–water partition coefficient (Wildman–Crippen LogP) is 0.875. The van der Waals surface area contributed by atoms with E-state index in [0.717, 1.165) is 24.5 Å². The van der Waals surface area contributed by atoms with Crippen LogP contribution in [-0.2, 0) is 6.54 Å². The molecule has 4 nitrogen and oxygen atoms in total. The van der Waals surface area contributed by atoms with Crippen molar-refractivity contribution in [2.75, 3.05) is 13.1 Å². The fourth-order valence-corrected chi connectivity index (χ4v) is 2.16. The standard InChI is InChI=1S/C12H19N3O/c1-8-5-15(6-10(8)13)7-11-12(16)4-3-9(2)14-11/h3-4,8,10,16H,5-7,13H2,1-2H3. The van der Waals surface area contributed by atoms with Crippen molar-refractivity contribution >= 4 is 0 Å². The van der Waals surface area contributed by atoms with Crippen LogP contribution in [0.1, 0.15) is 18.3 Å². The third-order valence-corrected chi connectivity index (χ3v) is 3.21. The van der Waals surface area contributed by atoms with E-state index in [9.17, 15) is 5.11 Å². The normalized spacial score (nSPS) is 26.2. The molecule has 16 heavy (non-hydrogen) atoms. The van der Waals surface area contributed by atoms with E-state index in [0.29, 0.717) is 12.5 Å². The van der Waals surface area contributed by atoms with Crippen LogP contribution in [0.5, 0.6) is 5.75 Å². The molecule has 88 valence electrons. The van der Waals surface area contributed by atoms with Crippen LogP contribution in [0.25, 0.3) is 0 Å². The van der Waals surface area contributed by atoms with Gasteiger partial charge < -0.3 is 10.8 Å². The lowest BCUT2D eigenvalue weighted by molar-refractivity contribution is 0.307. The summed E-state index contributed by atoms with van der Waals surface area (Å²) in [6.45, 7) is 6.65. The van der Waals surface area contributed by atoms with Crippen LogP contribution < -0.4 is 5.73 Å². The molecule has 2 atom stereocenters. The van der Waals surface area contributed by atoms with Crippen LogP contribution in [0, 0.1) is 12.8 Å². The van der Waals surface area contributed by atoms with E-state index in [2.05, 4.69) is 16.8 Å².